The third-order valence-corrected chi connectivity index (χ3v) is 3.57. The summed E-state index contributed by atoms with van der Waals surface area (Å²) >= 11 is 0. The molecule has 0 saturated carbocycles. The summed E-state index contributed by atoms with van der Waals surface area (Å²) in [7, 11) is 0. The largest absolute Gasteiger partial charge is 0.494 e. The van der Waals surface area contributed by atoms with Gasteiger partial charge in [-0.3, -0.25) is 9.59 Å². The van der Waals surface area contributed by atoms with Crippen molar-refractivity contribution in [2.75, 3.05) is 13.2 Å². The fourth-order valence-corrected chi connectivity index (χ4v) is 2.68. The highest BCUT2D eigenvalue weighted by Crippen LogP contribution is 2.36. The van der Waals surface area contributed by atoms with Gasteiger partial charge in [0.15, 0.2) is 11.6 Å². The van der Waals surface area contributed by atoms with Gasteiger partial charge >= 0.3 is 0 Å². The summed E-state index contributed by atoms with van der Waals surface area (Å²) in [6.07, 6.45) is 0. The maximum absolute atomic E-state index is 12.7. The topological polar surface area (TPSA) is 52.6 Å². The Labute approximate surface area is 128 Å². The molecule has 0 atom stereocenters. The number of rotatable bonds is 4. The zero-order valence-electron chi connectivity index (χ0n) is 12.5. The highest BCUT2D eigenvalue weighted by Gasteiger charge is 2.32. The highest BCUT2D eigenvalue weighted by molar-refractivity contribution is 6.29. The molecule has 0 unspecified atom stereocenters. The molecule has 0 heterocycles. The van der Waals surface area contributed by atoms with Crippen molar-refractivity contribution in [1.82, 2.24) is 0 Å². The van der Waals surface area contributed by atoms with Crippen molar-refractivity contribution in [2.24, 2.45) is 0 Å². The monoisotopic (exact) mass is 296 g/mol. The molecule has 22 heavy (non-hydrogen) atoms. The molecule has 0 aromatic heterocycles. The van der Waals surface area contributed by atoms with E-state index in [1.165, 1.54) is 0 Å². The first-order chi connectivity index (χ1) is 10.7. The van der Waals surface area contributed by atoms with Crippen LogP contribution in [-0.2, 0) is 0 Å². The zero-order valence-corrected chi connectivity index (χ0v) is 12.5. The van der Waals surface area contributed by atoms with Crippen LogP contribution in [0, 0.1) is 0 Å². The molecule has 0 fully saturated rings. The first-order valence-corrected chi connectivity index (χ1v) is 7.29. The Balaban J connectivity index is 2.24. The number of carbonyl (C=O) groups excluding carboxylic acids is 2. The Hall–Kier alpha value is -2.62. The fourth-order valence-electron chi connectivity index (χ4n) is 2.68. The average molecular weight is 296 g/mol. The second-order valence-electron chi connectivity index (χ2n) is 4.91. The van der Waals surface area contributed by atoms with Crippen LogP contribution in [0.4, 0.5) is 0 Å². The number of fused-ring (bicyclic) bond motifs is 2. The molecule has 0 saturated heterocycles. The van der Waals surface area contributed by atoms with Gasteiger partial charge in [0.05, 0.1) is 18.8 Å². The fraction of sp³-hybridized carbons (Fsp3) is 0.222. The molecule has 0 aliphatic heterocycles. The Morgan fingerprint density at radius 1 is 0.818 bits per heavy atom. The van der Waals surface area contributed by atoms with Gasteiger partial charge in [-0.2, -0.15) is 0 Å². The van der Waals surface area contributed by atoms with Crippen LogP contribution in [-0.4, -0.2) is 24.8 Å². The van der Waals surface area contributed by atoms with E-state index in [-0.39, 0.29) is 11.6 Å². The van der Waals surface area contributed by atoms with Crippen LogP contribution in [0.15, 0.2) is 36.4 Å². The molecular formula is C18H16O4. The lowest BCUT2D eigenvalue weighted by Gasteiger charge is -2.21. The Morgan fingerprint density at radius 3 is 2.09 bits per heavy atom. The van der Waals surface area contributed by atoms with E-state index in [4.69, 9.17) is 9.47 Å². The lowest BCUT2D eigenvalue weighted by Crippen LogP contribution is -2.22. The third kappa shape index (κ3) is 2.17. The summed E-state index contributed by atoms with van der Waals surface area (Å²) in [4.78, 5) is 25.4. The van der Waals surface area contributed by atoms with Crippen molar-refractivity contribution in [1.29, 1.82) is 0 Å². The van der Waals surface area contributed by atoms with Gasteiger partial charge in [0.1, 0.15) is 11.5 Å². The minimum absolute atomic E-state index is 0.173. The summed E-state index contributed by atoms with van der Waals surface area (Å²) < 4.78 is 11.1. The normalized spacial score (nSPS) is 12.6. The van der Waals surface area contributed by atoms with Crippen LogP contribution >= 0.6 is 0 Å². The summed E-state index contributed by atoms with van der Waals surface area (Å²) in [6, 6.07) is 10.1. The Kier molecular flexibility index (Phi) is 3.67. The standard InChI is InChI=1S/C18H16O4/c1-3-21-11-9-14-16(15(10-11)22-4-2)18(20)13-8-6-5-7-12(13)17(14)19/h5-10H,3-4H2,1-2H3. The smallest absolute Gasteiger partial charge is 0.198 e. The summed E-state index contributed by atoms with van der Waals surface area (Å²) in [5.74, 6) is 0.575. The number of hydrogen-bond donors (Lipinski definition) is 0. The Bertz CT molecular complexity index is 762. The molecule has 0 N–H and O–H groups in total. The molecule has 1 aliphatic rings. The molecule has 3 rings (SSSR count). The van der Waals surface area contributed by atoms with Crippen LogP contribution < -0.4 is 9.47 Å². The van der Waals surface area contributed by atoms with Crippen LogP contribution in [0.3, 0.4) is 0 Å². The van der Waals surface area contributed by atoms with E-state index >= 15 is 0 Å². The van der Waals surface area contributed by atoms with Gasteiger partial charge in [0.25, 0.3) is 0 Å². The molecule has 0 radical (unpaired) electrons. The van der Waals surface area contributed by atoms with Crippen molar-refractivity contribution < 1.29 is 19.1 Å². The SMILES string of the molecule is CCOc1cc(OCC)c2c(c1)C(=O)c1ccccc1C2=O. The van der Waals surface area contributed by atoms with Crippen molar-refractivity contribution in [3.63, 3.8) is 0 Å². The number of ether oxygens (including phenoxy) is 2. The molecule has 2 aromatic rings. The first kappa shape index (κ1) is 14.3. The molecular weight excluding hydrogens is 280 g/mol. The van der Waals surface area contributed by atoms with Gasteiger partial charge in [0, 0.05) is 22.8 Å². The number of carbonyl (C=O) groups is 2. The summed E-state index contributed by atoms with van der Waals surface area (Å²) in [5.41, 5.74) is 1.52. The van der Waals surface area contributed by atoms with Crippen molar-refractivity contribution in [3.8, 4) is 11.5 Å². The van der Waals surface area contributed by atoms with E-state index in [0.717, 1.165) is 0 Å². The number of ketones is 2. The van der Waals surface area contributed by atoms with E-state index in [0.29, 0.717) is 47.0 Å². The molecule has 4 nitrogen and oxygen atoms in total. The number of hydrogen-bond acceptors (Lipinski definition) is 4. The summed E-state index contributed by atoms with van der Waals surface area (Å²) in [6.45, 7) is 4.58. The predicted molar refractivity (Wildman–Crippen MR) is 82.1 cm³/mol. The van der Waals surface area contributed by atoms with E-state index in [1.54, 1.807) is 36.4 Å². The summed E-state index contributed by atoms with van der Waals surface area (Å²) in [5, 5.41) is 0. The van der Waals surface area contributed by atoms with Crippen molar-refractivity contribution in [3.05, 3.63) is 58.7 Å². The molecule has 0 spiro atoms. The van der Waals surface area contributed by atoms with Gasteiger partial charge in [-0.25, -0.2) is 0 Å². The van der Waals surface area contributed by atoms with Gasteiger partial charge in [-0.05, 0) is 19.9 Å². The highest BCUT2D eigenvalue weighted by atomic mass is 16.5. The van der Waals surface area contributed by atoms with Crippen molar-refractivity contribution >= 4 is 11.6 Å². The minimum Gasteiger partial charge on any atom is -0.494 e. The number of benzene rings is 2. The lowest BCUT2D eigenvalue weighted by molar-refractivity contribution is 0.0975. The zero-order chi connectivity index (χ0) is 15.7. The third-order valence-electron chi connectivity index (χ3n) is 3.57. The maximum Gasteiger partial charge on any atom is 0.198 e. The van der Waals surface area contributed by atoms with Crippen LogP contribution in [0.2, 0.25) is 0 Å². The molecule has 1 aliphatic carbocycles. The van der Waals surface area contributed by atoms with E-state index in [1.807, 2.05) is 13.8 Å². The quantitative estimate of drug-likeness (QED) is 0.741. The molecule has 112 valence electrons. The maximum atomic E-state index is 12.7. The van der Waals surface area contributed by atoms with Crippen LogP contribution in [0.1, 0.15) is 45.7 Å². The van der Waals surface area contributed by atoms with Gasteiger partial charge < -0.3 is 9.47 Å². The lowest BCUT2D eigenvalue weighted by atomic mass is 9.83. The van der Waals surface area contributed by atoms with E-state index < -0.39 is 0 Å². The second kappa shape index (κ2) is 5.64. The van der Waals surface area contributed by atoms with Crippen LogP contribution in [0.25, 0.3) is 0 Å². The van der Waals surface area contributed by atoms with E-state index in [2.05, 4.69) is 0 Å². The minimum atomic E-state index is -0.184. The average Bonchev–Trinajstić information content (AvgIpc) is 2.53. The van der Waals surface area contributed by atoms with Crippen LogP contribution in [0.5, 0.6) is 11.5 Å². The van der Waals surface area contributed by atoms with Crippen molar-refractivity contribution in [2.45, 2.75) is 13.8 Å². The predicted octanol–water partition coefficient (Wildman–Crippen LogP) is 3.26. The van der Waals surface area contributed by atoms with Gasteiger partial charge in [-0.15, -0.1) is 0 Å². The Morgan fingerprint density at radius 2 is 1.45 bits per heavy atom. The van der Waals surface area contributed by atoms with E-state index in [9.17, 15) is 9.59 Å². The van der Waals surface area contributed by atoms with Gasteiger partial charge in [-0.1, -0.05) is 24.3 Å². The molecule has 4 heteroatoms. The molecule has 2 aromatic carbocycles. The second-order valence-corrected chi connectivity index (χ2v) is 4.91. The molecule has 0 bridgehead atoms. The molecule has 0 amide bonds. The first-order valence-electron chi connectivity index (χ1n) is 7.29. The van der Waals surface area contributed by atoms with Gasteiger partial charge in [0.2, 0.25) is 0 Å².